The maximum absolute atomic E-state index is 14.3. The van der Waals surface area contributed by atoms with Crippen LogP contribution in [0, 0.1) is 11.8 Å². The number of benzene rings is 1. The van der Waals surface area contributed by atoms with Crippen molar-refractivity contribution in [3.05, 3.63) is 75.9 Å². The molecule has 3 fully saturated rings. The topological polar surface area (TPSA) is 81.0 Å². The first kappa shape index (κ1) is 24.6. The number of nitrogens with one attached hydrogen (secondary N) is 1. The number of piperidine rings is 1. The van der Waals surface area contributed by atoms with Gasteiger partial charge in [-0.15, -0.1) is 10.2 Å². The van der Waals surface area contributed by atoms with Crippen molar-refractivity contribution in [1.29, 1.82) is 0 Å². The van der Waals surface area contributed by atoms with Crippen LogP contribution in [0.15, 0.2) is 47.7 Å². The van der Waals surface area contributed by atoms with Crippen molar-refractivity contribution in [1.82, 2.24) is 29.2 Å². The normalized spacial score (nSPS) is 26.6. The van der Waals surface area contributed by atoms with E-state index in [1.54, 1.807) is 31.6 Å². The number of pyridine rings is 1. The Bertz CT molecular complexity index is 1620. The van der Waals surface area contributed by atoms with E-state index in [9.17, 15) is 18.0 Å². The molecule has 3 aromatic heterocycles. The summed E-state index contributed by atoms with van der Waals surface area (Å²) in [7, 11) is 3.52. The number of ether oxygens (including phenoxy) is 1. The van der Waals surface area contributed by atoms with Gasteiger partial charge in [0.1, 0.15) is 17.7 Å². The van der Waals surface area contributed by atoms with E-state index < -0.39 is 22.7 Å². The zero-order valence-corrected chi connectivity index (χ0v) is 21.7. The summed E-state index contributed by atoms with van der Waals surface area (Å²) in [5.74, 6) is 2.17. The lowest BCUT2D eigenvalue weighted by Crippen LogP contribution is -2.48. The molecule has 1 aromatic carbocycles. The molecule has 4 aromatic rings. The number of likely N-dealkylation sites (tertiary alicyclic amines) is 1. The van der Waals surface area contributed by atoms with Gasteiger partial charge >= 0.3 is 6.18 Å². The van der Waals surface area contributed by atoms with Crippen LogP contribution in [0.2, 0.25) is 0 Å². The third-order valence-corrected chi connectivity index (χ3v) is 8.91. The second-order valence-corrected chi connectivity index (χ2v) is 11.4. The van der Waals surface area contributed by atoms with Gasteiger partial charge in [0.2, 0.25) is 0 Å². The SMILES string of the molecule is COC1CC(c2cccc(-n3cc(C(F)(F)F)c4cc(CN5CC6CC6C5)[nH]c4c3=O)c2)(c2nncn2C)C1. The Morgan fingerprint density at radius 2 is 1.95 bits per heavy atom. The molecule has 204 valence electrons. The van der Waals surface area contributed by atoms with Crippen molar-refractivity contribution >= 4 is 10.9 Å². The highest BCUT2D eigenvalue weighted by Crippen LogP contribution is 2.49. The predicted octanol–water partition coefficient (Wildman–Crippen LogP) is 4.01. The monoisotopic (exact) mass is 538 g/mol. The van der Waals surface area contributed by atoms with E-state index in [1.807, 2.05) is 17.7 Å². The first-order chi connectivity index (χ1) is 18.7. The minimum atomic E-state index is -4.63. The fourth-order valence-corrected chi connectivity index (χ4v) is 6.74. The van der Waals surface area contributed by atoms with Crippen molar-refractivity contribution < 1.29 is 17.9 Å². The van der Waals surface area contributed by atoms with Crippen LogP contribution in [-0.4, -0.2) is 55.5 Å². The third-order valence-electron chi connectivity index (χ3n) is 8.91. The van der Waals surface area contributed by atoms with Crippen molar-refractivity contribution in [2.24, 2.45) is 18.9 Å². The Labute approximate surface area is 222 Å². The number of aromatic amines is 1. The summed E-state index contributed by atoms with van der Waals surface area (Å²) in [4.78, 5) is 18.9. The first-order valence-corrected chi connectivity index (χ1v) is 13.2. The van der Waals surface area contributed by atoms with Crippen molar-refractivity contribution in [2.45, 2.75) is 43.5 Å². The molecule has 1 N–H and O–H groups in total. The fraction of sp³-hybridized carbons (Fsp3) is 0.464. The summed E-state index contributed by atoms with van der Waals surface area (Å²) in [5.41, 5.74) is -0.0456. The predicted molar refractivity (Wildman–Crippen MR) is 138 cm³/mol. The number of methoxy groups -OCH3 is 1. The average molecular weight is 539 g/mol. The van der Waals surface area contributed by atoms with Gasteiger partial charge in [-0.3, -0.25) is 14.3 Å². The number of rotatable bonds is 6. The van der Waals surface area contributed by atoms with Crippen molar-refractivity contribution in [3.8, 4) is 5.69 Å². The number of nitrogens with zero attached hydrogens (tertiary/aromatic N) is 5. The number of H-pyrrole nitrogens is 1. The zero-order valence-electron chi connectivity index (χ0n) is 21.7. The van der Waals surface area contributed by atoms with E-state index in [1.165, 1.54) is 12.5 Å². The smallest absolute Gasteiger partial charge is 0.381 e. The van der Waals surface area contributed by atoms with Gasteiger partial charge in [0.05, 0.1) is 17.1 Å². The Kier molecular flexibility index (Phi) is 5.38. The van der Waals surface area contributed by atoms with Crippen molar-refractivity contribution in [3.63, 3.8) is 0 Å². The molecule has 1 saturated heterocycles. The Hall–Kier alpha value is -3.44. The summed E-state index contributed by atoms with van der Waals surface area (Å²) in [5, 5.41) is 8.30. The molecule has 8 nitrogen and oxygen atoms in total. The van der Waals surface area contributed by atoms with Gasteiger partial charge in [0.25, 0.3) is 5.56 Å². The number of alkyl halides is 3. The molecule has 1 aliphatic heterocycles. The van der Waals surface area contributed by atoms with E-state index in [0.29, 0.717) is 42.6 Å². The zero-order chi connectivity index (χ0) is 27.1. The molecule has 3 aliphatic rings. The highest BCUT2D eigenvalue weighted by atomic mass is 19.4. The summed E-state index contributed by atoms with van der Waals surface area (Å²) in [6.07, 6.45) is 0.511. The van der Waals surface area contributed by atoms with Gasteiger partial charge in [-0.1, -0.05) is 12.1 Å². The number of fused-ring (bicyclic) bond motifs is 2. The van der Waals surface area contributed by atoms with Gasteiger partial charge in [-0.05, 0) is 54.9 Å². The minimum Gasteiger partial charge on any atom is -0.381 e. The van der Waals surface area contributed by atoms with Crippen LogP contribution < -0.4 is 5.56 Å². The van der Waals surface area contributed by atoms with Crippen LogP contribution in [0.4, 0.5) is 13.2 Å². The van der Waals surface area contributed by atoms with Gasteiger partial charge in [-0.2, -0.15) is 13.2 Å². The molecule has 4 heterocycles. The van der Waals surface area contributed by atoms with Crippen LogP contribution >= 0.6 is 0 Å². The highest BCUT2D eigenvalue weighted by Gasteiger charge is 2.50. The standard InChI is InChI=1S/C28H29F3N6O2/c1-35-15-32-34-26(35)27(9-21(10-27)39-2)18-4-3-5-20(7-18)37-14-23(28(29,30)31)22-8-19(33-24(22)25(37)38)13-36-11-16-6-17(16)12-36/h3-5,7-8,14-17,21,33H,6,9-13H2,1-2H3. The third kappa shape index (κ3) is 3.93. The van der Waals surface area contributed by atoms with Crippen LogP contribution in [0.1, 0.15) is 41.9 Å². The maximum Gasteiger partial charge on any atom is 0.418 e. The molecule has 39 heavy (non-hydrogen) atoms. The lowest BCUT2D eigenvalue weighted by atomic mass is 9.62. The number of aromatic nitrogens is 5. The van der Waals surface area contributed by atoms with Crippen LogP contribution in [0.5, 0.6) is 0 Å². The molecule has 0 radical (unpaired) electrons. The van der Waals surface area contributed by atoms with E-state index in [-0.39, 0.29) is 17.0 Å². The van der Waals surface area contributed by atoms with Gasteiger partial charge in [0.15, 0.2) is 0 Å². The molecular formula is C28H29F3N6O2. The second-order valence-electron chi connectivity index (χ2n) is 11.4. The van der Waals surface area contributed by atoms with Crippen LogP contribution in [-0.2, 0) is 29.9 Å². The van der Waals surface area contributed by atoms with Gasteiger partial charge < -0.3 is 14.3 Å². The van der Waals surface area contributed by atoms with Crippen LogP contribution in [0.3, 0.4) is 0 Å². The molecule has 2 atom stereocenters. The number of hydrogen-bond acceptors (Lipinski definition) is 5. The summed E-state index contributed by atoms with van der Waals surface area (Å²) in [6, 6.07) is 8.63. The van der Waals surface area contributed by atoms with Crippen molar-refractivity contribution in [2.75, 3.05) is 20.2 Å². The maximum atomic E-state index is 14.3. The molecule has 0 amide bonds. The molecule has 11 heteroatoms. The molecule has 2 aliphatic carbocycles. The summed E-state index contributed by atoms with van der Waals surface area (Å²) in [6.45, 7) is 2.43. The Balaban J connectivity index is 1.32. The molecular weight excluding hydrogens is 509 g/mol. The second kappa shape index (κ2) is 8.53. The van der Waals surface area contributed by atoms with E-state index in [2.05, 4.69) is 20.1 Å². The lowest BCUT2D eigenvalue weighted by molar-refractivity contribution is -0.136. The minimum absolute atomic E-state index is 0.0271. The number of aryl methyl sites for hydroxylation is 1. The van der Waals surface area contributed by atoms with Gasteiger partial charge in [0, 0.05) is 56.8 Å². The largest absolute Gasteiger partial charge is 0.418 e. The summed E-state index contributed by atoms with van der Waals surface area (Å²) < 4.78 is 51.4. The summed E-state index contributed by atoms with van der Waals surface area (Å²) >= 11 is 0. The highest BCUT2D eigenvalue weighted by molar-refractivity contribution is 5.84. The molecule has 2 saturated carbocycles. The number of halogens is 3. The average Bonchev–Trinajstić information content (AvgIpc) is 3.19. The first-order valence-electron chi connectivity index (χ1n) is 13.2. The molecule has 2 unspecified atom stereocenters. The quantitative estimate of drug-likeness (QED) is 0.401. The number of hydrogen-bond donors (Lipinski definition) is 1. The fourth-order valence-electron chi connectivity index (χ4n) is 6.74. The molecule has 0 spiro atoms. The Morgan fingerprint density at radius 1 is 1.18 bits per heavy atom. The van der Waals surface area contributed by atoms with E-state index in [4.69, 9.17) is 4.74 Å². The van der Waals surface area contributed by atoms with Crippen LogP contribution in [0.25, 0.3) is 16.6 Å². The molecule has 0 bridgehead atoms. The molecule has 7 rings (SSSR count). The van der Waals surface area contributed by atoms with E-state index in [0.717, 1.165) is 35.2 Å². The Morgan fingerprint density at radius 3 is 2.62 bits per heavy atom. The van der Waals surface area contributed by atoms with E-state index >= 15 is 0 Å². The lowest BCUT2D eigenvalue weighted by Gasteiger charge is -2.46. The van der Waals surface area contributed by atoms with Gasteiger partial charge in [-0.25, -0.2) is 0 Å².